The number of aliphatic carboxylic acids is 1. The highest BCUT2D eigenvalue weighted by molar-refractivity contribution is 5.79. The highest BCUT2D eigenvalue weighted by Gasteiger charge is 2.29. The number of hydrogen-bond donors (Lipinski definition) is 2. The molecule has 1 saturated carbocycles. The van der Waals surface area contributed by atoms with E-state index in [2.05, 4.69) is 0 Å². The van der Waals surface area contributed by atoms with Crippen LogP contribution in [0.15, 0.2) is 0 Å². The summed E-state index contributed by atoms with van der Waals surface area (Å²) in [6, 6.07) is 0. The summed E-state index contributed by atoms with van der Waals surface area (Å²) in [6.45, 7) is 5.13. The molecule has 0 aliphatic heterocycles. The Kier molecular flexibility index (Phi) is 6.28. The quantitative estimate of drug-likeness (QED) is 0.762. The molecule has 0 spiro atoms. The topological polar surface area (TPSA) is 83.6 Å². The molecule has 1 aliphatic rings. The Hall–Kier alpha value is -1.10. The van der Waals surface area contributed by atoms with E-state index in [1.165, 1.54) is 0 Å². The standard InChI is InChI=1S/C14H26N2O3/c1-3-16(9-10(2)14(18)19)13(17)12-6-4-11(8-15)5-7-12/h10-12H,3-9,15H2,1-2H3,(H,18,19). The van der Waals surface area contributed by atoms with Crippen molar-refractivity contribution < 1.29 is 14.7 Å². The van der Waals surface area contributed by atoms with Gasteiger partial charge in [-0.1, -0.05) is 6.92 Å². The molecule has 0 aromatic heterocycles. The monoisotopic (exact) mass is 270 g/mol. The van der Waals surface area contributed by atoms with Crippen LogP contribution in [-0.4, -0.2) is 41.5 Å². The summed E-state index contributed by atoms with van der Waals surface area (Å²) < 4.78 is 0. The molecule has 1 unspecified atom stereocenters. The normalized spacial score (nSPS) is 24.8. The van der Waals surface area contributed by atoms with Crippen molar-refractivity contribution in [3.8, 4) is 0 Å². The number of carboxylic acids is 1. The van der Waals surface area contributed by atoms with Gasteiger partial charge in [-0.15, -0.1) is 0 Å². The average Bonchev–Trinajstić information content (AvgIpc) is 2.43. The molecule has 0 radical (unpaired) electrons. The van der Waals surface area contributed by atoms with E-state index in [4.69, 9.17) is 10.8 Å². The van der Waals surface area contributed by atoms with E-state index in [1.54, 1.807) is 11.8 Å². The van der Waals surface area contributed by atoms with Crippen LogP contribution >= 0.6 is 0 Å². The number of nitrogens with zero attached hydrogens (tertiary/aromatic N) is 1. The molecular weight excluding hydrogens is 244 g/mol. The van der Waals surface area contributed by atoms with Crippen molar-refractivity contribution in [1.82, 2.24) is 4.90 Å². The molecule has 1 atom stereocenters. The fourth-order valence-electron chi connectivity index (χ4n) is 2.69. The van der Waals surface area contributed by atoms with Crippen molar-refractivity contribution in [2.24, 2.45) is 23.5 Å². The van der Waals surface area contributed by atoms with Gasteiger partial charge in [0.2, 0.25) is 5.91 Å². The van der Waals surface area contributed by atoms with Crippen LogP contribution in [0, 0.1) is 17.8 Å². The predicted octanol–water partition coefficient (Wildman–Crippen LogP) is 1.32. The molecule has 0 heterocycles. The molecular formula is C14H26N2O3. The van der Waals surface area contributed by atoms with Crippen molar-refractivity contribution >= 4 is 11.9 Å². The Bertz CT molecular complexity index is 312. The maximum absolute atomic E-state index is 12.4. The minimum Gasteiger partial charge on any atom is -0.481 e. The summed E-state index contributed by atoms with van der Waals surface area (Å²) in [5.74, 6) is -0.630. The summed E-state index contributed by atoms with van der Waals surface area (Å²) in [5.41, 5.74) is 5.65. The van der Waals surface area contributed by atoms with Crippen LogP contribution in [0.5, 0.6) is 0 Å². The largest absolute Gasteiger partial charge is 0.481 e. The van der Waals surface area contributed by atoms with E-state index in [0.29, 0.717) is 25.6 Å². The summed E-state index contributed by atoms with van der Waals surface area (Å²) in [5, 5.41) is 8.93. The lowest BCUT2D eigenvalue weighted by atomic mass is 9.81. The minimum absolute atomic E-state index is 0.0590. The van der Waals surface area contributed by atoms with Crippen molar-refractivity contribution in [3.05, 3.63) is 0 Å². The summed E-state index contributed by atoms with van der Waals surface area (Å²) in [6.07, 6.45) is 3.80. The highest BCUT2D eigenvalue weighted by atomic mass is 16.4. The Balaban J connectivity index is 2.52. The first kappa shape index (κ1) is 16.0. The molecule has 3 N–H and O–H groups in total. The van der Waals surface area contributed by atoms with Gasteiger partial charge in [0.15, 0.2) is 0 Å². The summed E-state index contributed by atoms with van der Waals surface area (Å²) in [7, 11) is 0. The van der Waals surface area contributed by atoms with Crippen LogP contribution in [-0.2, 0) is 9.59 Å². The van der Waals surface area contributed by atoms with Crippen molar-refractivity contribution in [1.29, 1.82) is 0 Å². The predicted molar refractivity (Wildman–Crippen MR) is 73.6 cm³/mol. The van der Waals surface area contributed by atoms with Gasteiger partial charge in [0.25, 0.3) is 0 Å². The van der Waals surface area contributed by atoms with Gasteiger partial charge in [0, 0.05) is 19.0 Å². The summed E-state index contributed by atoms with van der Waals surface area (Å²) in [4.78, 5) is 25.0. The van der Waals surface area contributed by atoms with E-state index >= 15 is 0 Å². The van der Waals surface area contributed by atoms with Crippen LogP contribution in [0.25, 0.3) is 0 Å². The third-order valence-corrected chi connectivity index (χ3v) is 4.14. The number of carbonyl (C=O) groups excluding carboxylic acids is 1. The van der Waals surface area contributed by atoms with E-state index in [9.17, 15) is 9.59 Å². The van der Waals surface area contributed by atoms with Crippen molar-refractivity contribution in [2.75, 3.05) is 19.6 Å². The molecule has 0 aromatic rings. The maximum Gasteiger partial charge on any atom is 0.308 e. The van der Waals surface area contributed by atoms with Crippen LogP contribution < -0.4 is 5.73 Å². The second-order valence-corrected chi connectivity index (χ2v) is 5.57. The second-order valence-electron chi connectivity index (χ2n) is 5.57. The molecule has 0 saturated heterocycles. The van der Waals surface area contributed by atoms with Gasteiger partial charge in [-0.05, 0) is 45.1 Å². The number of nitrogens with two attached hydrogens (primary N) is 1. The fraction of sp³-hybridized carbons (Fsp3) is 0.857. The smallest absolute Gasteiger partial charge is 0.308 e. The lowest BCUT2D eigenvalue weighted by Crippen LogP contribution is -2.41. The molecule has 1 aliphatic carbocycles. The fourth-order valence-corrected chi connectivity index (χ4v) is 2.69. The molecule has 110 valence electrons. The third-order valence-electron chi connectivity index (χ3n) is 4.14. The highest BCUT2D eigenvalue weighted by Crippen LogP contribution is 2.29. The van der Waals surface area contributed by atoms with Crippen LogP contribution in [0.1, 0.15) is 39.5 Å². The van der Waals surface area contributed by atoms with Crippen LogP contribution in [0.2, 0.25) is 0 Å². The summed E-state index contributed by atoms with van der Waals surface area (Å²) >= 11 is 0. The van der Waals surface area contributed by atoms with Crippen LogP contribution in [0.4, 0.5) is 0 Å². The van der Waals surface area contributed by atoms with Gasteiger partial charge >= 0.3 is 5.97 Å². The number of rotatable bonds is 6. The van der Waals surface area contributed by atoms with E-state index < -0.39 is 11.9 Å². The molecule has 1 amide bonds. The lowest BCUT2D eigenvalue weighted by molar-refractivity contribution is -0.144. The molecule has 1 fully saturated rings. The van der Waals surface area contributed by atoms with Gasteiger partial charge in [-0.25, -0.2) is 0 Å². The Morgan fingerprint density at radius 2 is 1.89 bits per heavy atom. The number of amides is 1. The molecule has 1 rings (SSSR count). The first-order valence-corrected chi connectivity index (χ1v) is 7.21. The van der Waals surface area contributed by atoms with Gasteiger partial charge in [0.05, 0.1) is 5.92 Å². The maximum atomic E-state index is 12.4. The minimum atomic E-state index is -0.849. The van der Waals surface area contributed by atoms with Gasteiger partial charge in [-0.3, -0.25) is 9.59 Å². The molecule has 0 bridgehead atoms. The molecule has 19 heavy (non-hydrogen) atoms. The third kappa shape index (κ3) is 4.49. The SMILES string of the molecule is CCN(CC(C)C(=O)O)C(=O)C1CCC(CN)CC1. The Labute approximate surface area is 115 Å². The zero-order valence-corrected chi connectivity index (χ0v) is 12.0. The van der Waals surface area contributed by atoms with Gasteiger partial charge < -0.3 is 15.7 Å². The molecule has 5 heteroatoms. The number of hydrogen-bond acceptors (Lipinski definition) is 3. The molecule has 0 aromatic carbocycles. The first-order chi connectivity index (χ1) is 8.99. The van der Waals surface area contributed by atoms with E-state index in [0.717, 1.165) is 25.7 Å². The second kappa shape index (κ2) is 7.48. The number of carboxylic acid groups (broad SMARTS) is 1. The van der Waals surface area contributed by atoms with E-state index in [1.807, 2.05) is 6.92 Å². The van der Waals surface area contributed by atoms with Crippen molar-refractivity contribution in [2.45, 2.75) is 39.5 Å². The first-order valence-electron chi connectivity index (χ1n) is 7.21. The average molecular weight is 270 g/mol. The molecule has 5 nitrogen and oxygen atoms in total. The van der Waals surface area contributed by atoms with Crippen LogP contribution in [0.3, 0.4) is 0 Å². The van der Waals surface area contributed by atoms with Gasteiger partial charge in [0.1, 0.15) is 0 Å². The van der Waals surface area contributed by atoms with Crippen molar-refractivity contribution in [3.63, 3.8) is 0 Å². The zero-order chi connectivity index (χ0) is 14.4. The Morgan fingerprint density at radius 3 is 2.32 bits per heavy atom. The Morgan fingerprint density at radius 1 is 1.32 bits per heavy atom. The van der Waals surface area contributed by atoms with E-state index in [-0.39, 0.29) is 11.8 Å². The lowest BCUT2D eigenvalue weighted by Gasteiger charge is -2.32. The number of carbonyl (C=O) groups is 2. The zero-order valence-electron chi connectivity index (χ0n) is 12.0. The van der Waals surface area contributed by atoms with Gasteiger partial charge in [-0.2, -0.15) is 0 Å².